The molecule has 1 aliphatic rings. The molecule has 0 amide bonds. The molecule has 0 nitrogen and oxygen atoms in total. The lowest BCUT2D eigenvalue weighted by atomic mass is 9.66. The lowest BCUT2D eigenvalue weighted by Gasteiger charge is -2.35. The van der Waals surface area contributed by atoms with Crippen molar-refractivity contribution < 1.29 is 0 Å². The molecule has 0 aliphatic heterocycles. The Balaban J connectivity index is 1.91. The van der Waals surface area contributed by atoms with E-state index < -0.39 is 5.41 Å². The molecule has 1 unspecified atom stereocenters. The molecule has 0 N–H and O–H groups in total. The van der Waals surface area contributed by atoms with Gasteiger partial charge in [0.25, 0.3) is 0 Å². The first-order valence-electron chi connectivity index (χ1n) is 12.1. The van der Waals surface area contributed by atoms with Crippen LogP contribution in [0.1, 0.15) is 74.9 Å². The van der Waals surface area contributed by atoms with Gasteiger partial charge in [-0.3, -0.25) is 0 Å². The van der Waals surface area contributed by atoms with Crippen molar-refractivity contribution in [2.45, 2.75) is 57.8 Å². The molecular formula is C33H33Cl. The van der Waals surface area contributed by atoms with Crippen molar-refractivity contribution in [2.75, 3.05) is 0 Å². The zero-order chi connectivity index (χ0) is 24.3. The van der Waals surface area contributed by atoms with E-state index in [0.29, 0.717) is 0 Å². The monoisotopic (exact) mass is 464 g/mol. The van der Waals surface area contributed by atoms with E-state index in [-0.39, 0.29) is 10.8 Å². The first kappa shape index (κ1) is 22.9. The average Bonchev–Trinajstić information content (AvgIpc) is 3.08. The first-order chi connectivity index (χ1) is 16.0. The maximum atomic E-state index is 6.66. The number of hydrogen-bond acceptors (Lipinski definition) is 0. The number of hydrogen-bond donors (Lipinski definition) is 0. The highest BCUT2D eigenvalue weighted by Gasteiger charge is 2.46. The fraction of sp³-hybridized carbons (Fsp3) is 0.273. The van der Waals surface area contributed by atoms with Crippen molar-refractivity contribution in [3.8, 4) is 11.1 Å². The molecular weight excluding hydrogens is 432 g/mol. The molecule has 0 spiro atoms. The van der Waals surface area contributed by atoms with Gasteiger partial charge in [-0.1, -0.05) is 132 Å². The van der Waals surface area contributed by atoms with Crippen molar-refractivity contribution in [1.82, 2.24) is 0 Å². The third-order valence-electron chi connectivity index (χ3n) is 7.36. The summed E-state index contributed by atoms with van der Waals surface area (Å²) in [5, 5.41) is 0.772. The van der Waals surface area contributed by atoms with Gasteiger partial charge in [-0.2, -0.15) is 0 Å². The Morgan fingerprint density at radius 1 is 0.529 bits per heavy atom. The molecule has 5 rings (SSSR count). The maximum Gasteiger partial charge on any atom is 0.0714 e. The summed E-state index contributed by atoms with van der Waals surface area (Å²) in [5.74, 6) is 0. The van der Waals surface area contributed by atoms with Crippen LogP contribution < -0.4 is 0 Å². The Morgan fingerprint density at radius 2 is 1.03 bits per heavy atom. The molecule has 0 radical (unpaired) electrons. The van der Waals surface area contributed by atoms with Gasteiger partial charge in [0.1, 0.15) is 0 Å². The second kappa shape index (κ2) is 7.85. The molecule has 4 aromatic rings. The summed E-state index contributed by atoms with van der Waals surface area (Å²) in [6, 6.07) is 33.6. The molecule has 4 aromatic carbocycles. The summed E-state index contributed by atoms with van der Waals surface area (Å²) in [4.78, 5) is 0. The standard InChI is InChI=1S/C33H33Cl/c1-31(2,3)22-12-14-24(15-13-22)33(23-10-8-7-9-11-23)29-20-25(32(4,5)6)16-18-27(29)28-19-17-26(34)21-30(28)33/h7-21H,1-6H3. The van der Waals surface area contributed by atoms with Crippen molar-refractivity contribution in [1.29, 1.82) is 0 Å². The number of halogens is 1. The van der Waals surface area contributed by atoms with E-state index in [9.17, 15) is 0 Å². The molecule has 0 bridgehead atoms. The molecule has 172 valence electrons. The van der Waals surface area contributed by atoms with Gasteiger partial charge < -0.3 is 0 Å². The van der Waals surface area contributed by atoms with Gasteiger partial charge in [-0.25, -0.2) is 0 Å². The largest absolute Gasteiger partial charge is 0.0843 e. The smallest absolute Gasteiger partial charge is 0.0714 e. The quantitative estimate of drug-likeness (QED) is 0.244. The van der Waals surface area contributed by atoms with Crippen LogP contribution in [0.15, 0.2) is 91.0 Å². The highest BCUT2D eigenvalue weighted by molar-refractivity contribution is 6.30. The Kier molecular flexibility index (Phi) is 5.30. The minimum Gasteiger partial charge on any atom is -0.0843 e. The van der Waals surface area contributed by atoms with Crippen LogP contribution in [-0.2, 0) is 16.2 Å². The Labute approximate surface area is 209 Å². The van der Waals surface area contributed by atoms with E-state index >= 15 is 0 Å². The van der Waals surface area contributed by atoms with Crippen LogP contribution in [0.3, 0.4) is 0 Å². The van der Waals surface area contributed by atoms with Gasteiger partial charge in [0, 0.05) is 5.02 Å². The zero-order valence-corrected chi connectivity index (χ0v) is 21.8. The van der Waals surface area contributed by atoms with Crippen LogP contribution in [0.4, 0.5) is 0 Å². The van der Waals surface area contributed by atoms with Gasteiger partial charge in [0.15, 0.2) is 0 Å². The SMILES string of the molecule is CC(C)(C)c1ccc(C2(c3ccccc3)c3cc(Cl)ccc3-c3ccc(C(C)(C)C)cc32)cc1. The lowest BCUT2D eigenvalue weighted by Crippen LogP contribution is -2.29. The molecule has 0 saturated carbocycles. The third-order valence-corrected chi connectivity index (χ3v) is 7.59. The van der Waals surface area contributed by atoms with E-state index in [4.69, 9.17) is 11.6 Å². The van der Waals surface area contributed by atoms with Crippen molar-refractivity contribution in [2.24, 2.45) is 0 Å². The Morgan fingerprint density at radius 3 is 1.62 bits per heavy atom. The summed E-state index contributed by atoms with van der Waals surface area (Å²) in [6.07, 6.45) is 0. The molecule has 0 saturated heterocycles. The summed E-state index contributed by atoms with van der Waals surface area (Å²) < 4.78 is 0. The third kappa shape index (κ3) is 3.51. The van der Waals surface area contributed by atoms with Crippen molar-refractivity contribution in [3.05, 3.63) is 129 Å². The fourth-order valence-electron chi connectivity index (χ4n) is 5.46. The van der Waals surface area contributed by atoms with Crippen LogP contribution >= 0.6 is 11.6 Å². The van der Waals surface area contributed by atoms with Crippen molar-refractivity contribution >= 4 is 11.6 Å². The van der Waals surface area contributed by atoms with E-state index in [0.717, 1.165) is 5.02 Å². The van der Waals surface area contributed by atoms with Gasteiger partial charge in [0.2, 0.25) is 0 Å². The van der Waals surface area contributed by atoms with E-state index in [1.165, 1.54) is 44.5 Å². The van der Waals surface area contributed by atoms with Crippen LogP contribution in [0.2, 0.25) is 5.02 Å². The normalized spacial score (nSPS) is 17.4. The minimum atomic E-state index is -0.422. The van der Waals surface area contributed by atoms with Crippen molar-refractivity contribution in [3.63, 3.8) is 0 Å². The highest BCUT2D eigenvalue weighted by atomic mass is 35.5. The maximum absolute atomic E-state index is 6.66. The molecule has 0 heterocycles. The van der Waals surface area contributed by atoms with Gasteiger partial charge in [-0.15, -0.1) is 0 Å². The van der Waals surface area contributed by atoms with E-state index in [2.05, 4.69) is 126 Å². The molecule has 1 heteroatoms. The minimum absolute atomic E-state index is 0.0555. The highest BCUT2D eigenvalue weighted by Crippen LogP contribution is 2.57. The predicted octanol–water partition coefficient (Wildman–Crippen LogP) is 9.30. The van der Waals surface area contributed by atoms with Crippen LogP contribution in [0, 0.1) is 0 Å². The average molecular weight is 465 g/mol. The molecule has 1 aliphatic carbocycles. The fourth-order valence-corrected chi connectivity index (χ4v) is 5.63. The van der Waals surface area contributed by atoms with Crippen LogP contribution in [0.5, 0.6) is 0 Å². The topological polar surface area (TPSA) is 0 Å². The molecule has 0 aromatic heterocycles. The van der Waals surface area contributed by atoms with Gasteiger partial charge >= 0.3 is 0 Å². The van der Waals surface area contributed by atoms with Gasteiger partial charge in [-0.05, 0) is 67.5 Å². The number of rotatable bonds is 2. The molecule has 0 fully saturated rings. The summed E-state index contributed by atoms with van der Waals surface area (Å²) in [5.41, 5.74) is 10.1. The second-order valence-electron chi connectivity index (χ2n) is 11.6. The lowest BCUT2D eigenvalue weighted by molar-refractivity contribution is 0.586. The Bertz CT molecular complexity index is 1350. The molecule has 1 atom stereocenters. The molecule has 34 heavy (non-hydrogen) atoms. The first-order valence-corrected chi connectivity index (χ1v) is 12.5. The number of fused-ring (bicyclic) bond motifs is 3. The van der Waals surface area contributed by atoms with Gasteiger partial charge in [0.05, 0.1) is 5.41 Å². The summed E-state index contributed by atoms with van der Waals surface area (Å²) >= 11 is 6.66. The predicted molar refractivity (Wildman–Crippen MR) is 146 cm³/mol. The number of benzene rings is 4. The summed E-state index contributed by atoms with van der Waals surface area (Å²) in [7, 11) is 0. The van der Waals surface area contributed by atoms with Crippen LogP contribution in [0.25, 0.3) is 11.1 Å². The second-order valence-corrected chi connectivity index (χ2v) is 12.1. The zero-order valence-electron chi connectivity index (χ0n) is 21.0. The van der Waals surface area contributed by atoms with E-state index in [1.807, 2.05) is 6.07 Å². The van der Waals surface area contributed by atoms with Crippen LogP contribution in [-0.4, -0.2) is 0 Å². The summed E-state index contributed by atoms with van der Waals surface area (Å²) in [6.45, 7) is 13.7. The van der Waals surface area contributed by atoms with E-state index in [1.54, 1.807) is 0 Å². The Hall–Kier alpha value is -2.83.